The zero-order valence-electron chi connectivity index (χ0n) is 18.7. The van der Waals surface area contributed by atoms with Gasteiger partial charge in [0.2, 0.25) is 0 Å². The van der Waals surface area contributed by atoms with Crippen molar-refractivity contribution in [2.24, 2.45) is 0 Å². The number of hydrogen-bond acceptors (Lipinski definition) is 5. The second kappa shape index (κ2) is 7.95. The first kappa shape index (κ1) is 20.7. The Morgan fingerprint density at radius 2 is 1.80 bits per heavy atom. The predicted molar refractivity (Wildman–Crippen MR) is 119 cm³/mol. The molecule has 2 aromatic heterocycles. The number of H-pyrrole nitrogens is 1. The molecule has 1 saturated heterocycles. The average molecular weight is 409 g/mol. The van der Waals surface area contributed by atoms with E-state index in [2.05, 4.69) is 72.2 Å². The largest absolute Gasteiger partial charge is 0.322 e. The number of rotatable bonds is 5. The number of pyridine rings is 1. The van der Waals surface area contributed by atoms with Crippen LogP contribution in [0.5, 0.6) is 0 Å². The summed E-state index contributed by atoms with van der Waals surface area (Å²) in [4.78, 5) is 18.8. The fourth-order valence-corrected chi connectivity index (χ4v) is 4.32. The van der Waals surface area contributed by atoms with E-state index in [9.17, 15) is 4.79 Å². The number of likely N-dealkylation sites (tertiary alicyclic amines) is 1. The van der Waals surface area contributed by atoms with Gasteiger partial charge in [0, 0.05) is 11.1 Å². The van der Waals surface area contributed by atoms with Gasteiger partial charge in [-0.2, -0.15) is 0 Å². The lowest BCUT2D eigenvalue weighted by Gasteiger charge is -2.35. The van der Waals surface area contributed by atoms with Gasteiger partial charge in [-0.15, -0.1) is 5.10 Å². The molecule has 0 amide bonds. The molecule has 1 aliphatic rings. The third kappa shape index (κ3) is 3.67. The summed E-state index contributed by atoms with van der Waals surface area (Å²) in [5.41, 5.74) is 3.68. The van der Waals surface area contributed by atoms with Crippen LogP contribution >= 0.6 is 0 Å². The van der Waals surface area contributed by atoms with Crippen molar-refractivity contribution in [2.45, 2.75) is 71.9 Å². The molecule has 3 heterocycles. The summed E-state index contributed by atoms with van der Waals surface area (Å²) in [7, 11) is 0. The number of piperidine rings is 1. The number of benzene rings is 1. The van der Waals surface area contributed by atoms with E-state index in [-0.39, 0.29) is 17.1 Å². The molecule has 1 fully saturated rings. The minimum absolute atomic E-state index is 0.0646. The van der Waals surface area contributed by atoms with Crippen molar-refractivity contribution in [2.75, 3.05) is 13.1 Å². The van der Waals surface area contributed by atoms with Gasteiger partial charge < -0.3 is 4.98 Å². The number of tetrazole rings is 1. The van der Waals surface area contributed by atoms with Crippen LogP contribution < -0.4 is 5.56 Å². The minimum atomic E-state index is -0.263. The van der Waals surface area contributed by atoms with Crippen molar-refractivity contribution in [3.05, 3.63) is 51.1 Å². The Hall–Kier alpha value is -2.54. The molecule has 1 N–H and O–H groups in total. The van der Waals surface area contributed by atoms with Crippen molar-refractivity contribution in [1.82, 2.24) is 30.1 Å². The van der Waals surface area contributed by atoms with Gasteiger partial charge >= 0.3 is 0 Å². The van der Waals surface area contributed by atoms with Gasteiger partial charge in [0.25, 0.3) is 5.56 Å². The third-order valence-electron chi connectivity index (χ3n) is 6.71. The van der Waals surface area contributed by atoms with E-state index in [0.717, 1.165) is 54.6 Å². The first-order valence-corrected chi connectivity index (χ1v) is 11.0. The van der Waals surface area contributed by atoms with Gasteiger partial charge in [-0.05, 0) is 105 Å². The van der Waals surface area contributed by atoms with Gasteiger partial charge in [0.15, 0.2) is 5.82 Å². The van der Waals surface area contributed by atoms with E-state index >= 15 is 0 Å². The zero-order chi connectivity index (χ0) is 21.5. The molecule has 0 radical (unpaired) electrons. The lowest BCUT2D eigenvalue weighted by Crippen LogP contribution is -2.40. The first-order valence-electron chi connectivity index (χ1n) is 11.0. The highest BCUT2D eigenvalue weighted by Crippen LogP contribution is 2.32. The predicted octanol–water partition coefficient (Wildman–Crippen LogP) is 3.85. The second-order valence-corrected chi connectivity index (χ2v) is 9.19. The molecule has 1 unspecified atom stereocenters. The highest BCUT2D eigenvalue weighted by molar-refractivity contribution is 5.81. The van der Waals surface area contributed by atoms with Crippen LogP contribution in [-0.4, -0.2) is 43.2 Å². The number of fused-ring (bicyclic) bond motifs is 1. The standard InChI is InChI=1S/C23H32N6O/c1-6-23(4,5)29-21(25-26-27-29)20(28-10-8-7-9-11-28)18-14-17-12-15(2)16(3)13-19(17)24-22(18)30/h12-14,20H,6-11H2,1-5H3,(H,24,30). The van der Waals surface area contributed by atoms with Crippen molar-refractivity contribution >= 4 is 10.9 Å². The normalized spacial score (nSPS) is 16.8. The summed E-state index contributed by atoms with van der Waals surface area (Å²) in [5, 5.41) is 13.8. The molecule has 1 aliphatic heterocycles. The molecule has 1 atom stereocenters. The van der Waals surface area contributed by atoms with Gasteiger partial charge in [0.1, 0.15) is 6.04 Å². The van der Waals surface area contributed by atoms with Crippen LogP contribution in [0.25, 0.3) is 10.9 Å². The zero-order valence-corrected chi connectivity index (χ0v) is 18.7. The summed E-state index contributed by atoms with van der Waals surface area (Å²) < 4.78 is 1.91. The number of hydrogen-bond donors (Lipinski definition) is 1. The van der Waals surface area contributed by atoms with Crippen molar-refractivity contribution in [3.8, 4) is 0 Å². The van der Waals surface area contributed by atoms with Crippen LogP contribution in [0.15, 0.2) is 23.0 Å². The van der Waals surface area contributed by atoms with E-state index in [1.54, 1.807) is 0 Å². The fraction of sp³-hybridized carbons (Fsp3) is 0.565. The lowest BCUT2D eigenvalue weighted by atomic mass is 9.97. The Morgan fingerprint density at radius 1 is 1.10 bits per heavy atom. The van der Waals surface area contributed by atoms with E-state index < -0.39 is 0 Å². The third-order valence-corrected chi connectivity index (χ3v) is 6.71. The minimum Gasteiger partial charge on any atom is -0.322 e. The molecule has 30 heavy (non-hydrogen) atoms. The molecule has 1 aromatic carbocycles. The Morgan fingerprint density at radius 3 is 2.50 bits per heavy atom. The SMILES string of the molecule is CCC(C)(C)n1nnnc1C(c1cc2cc(C)c(C)cc2[nH]c1=O)N1CCCCC1. The molecule has 4 rings (SSSR count). The number of nitrogens with one attached hydrogen (secondary N) is 1. The topological polar surface area (TPSA) is 79.7 Å². The van der Waals surface area contributed by atoms with Crippen LogP contribution in [-0.2, 0) is 5.54 Å². The van der Waals surface area contributed by atoms with E-state index in [4.69, 9.17) is 0 Å². The highest BCUT2D eigenvalue weighted by atomic mass is 16.1. The monoisotopic (exact) mass is 408 g/mol. The maximum Gasteiger partial charge on any atom is 0.253 e. The quantitative estimate of drug-likeness (QED) is 0.694. The molecule has 0 aliphatic carbocycles. The van der Waals surface area contributed by atoms with Gasteiger partial charge in [-0.1, -0.05) is 13.3 Å². The maximum atomic E-state index is 13.3. The Kier molecular flexibility index (Phi) is 5.49. The highest BCUT2D eigenvalue weighted by Gasteiger charge is 2.34. The molecule has 0 saturated carbocycles. The van der Waals surface area contributed by atoms with Crippen molar-refractivity contribution in [1.29, 1.82) is 0 Å². The summed E-state index contributed by atoms with van der Waals surface area (Å²) >= 11 is 0. The van der Waals surface area contributed by atoms with Gasteiger partial charge in [-0.3, -0.25) is 9.69 Å². The number of aryl methyl sites for hydroxylation is 2. The molecule has 3 aromatic rings. The second-order valence-electron chi connectivity index (χ2n) is 9.19. The molecule has 7 heteroatoms. The van der Waals surface area contributed by atoms with Crippen LogP contribution in [0.3, 0.4) is 0 Å². The smallest absolute Gasteiger partial charge is 0.253 e. The van der Waals surface area contributed by atoms with Gasteiger partial charge in [-0.25, -0.2) is 4.68 Å². The molecule has 0 spiro atoms. The van der Waals surface area contributed by atoms with Crippen LogP contribution in [0, 0.1) is 13.8 Å². The van der Waals surface area contributed by atoms with E-state index in [1.165, 1.54) is 17.5 Å². The van der Waals surface area contributed by atoms with Crippen LogP contribution in [0.4, 0.5) is 0 Å². The number of nitrogens with zero attached hydrogens (tertiary/aromatic N) is 5. The average Bonchev–Trinajstić information content (AvgIpc) is 3.21. The molecular formula is C23H32N6O. The summed E-state index contributed by atoms with van der Waals surface area (Å²) in [6.45, 7) is 12.5. The first-order chi connectivity index (χ1) is 14.3. The molecular weight excluding hydrogens is 376 g/mol. The maximum absolute atomic E-state index is 13.3. The van der Waals surface area contributed by atoms with Crippen molar-refractivity contribution < 1.29 is 0 Å². The Labute approximate surface area is 177 Å². The molecule has 0 bridgehead atoms. The molecule has 160 valence electrons. The van der Waals surface area contributed by atoms with E-state index in [0.29, 0.717) is 0 Å². The summed E-state index contributed by atoms with van der Waals surface area (Å²) in [6, 6.07) is 5.98. The van der Waals surface area contributed by atoms with Crippen LogP contribution in [0.1, 0.15) is 75.0 Å². The number of aromatic amines is 1. The van der Waals surface area contributed by atoms with Gasteiger partial charge in [0.05, 0.1) is 5.54 Å². The summed E-state index contributed by atoms with van der Waals surface area (Å²) in [6.07, 6.45) is 4.36. The number of aromatic nitrogens is 5. The van der Waals surface area contributed by atoms with Crippen LogP contribution in [0.2, 0.25) is 0 Å². The lowest BCUT2D eigenvalue weighted by molar-refractivity contribution is 0.167. The van der Waals surface area contributed by atoms with E-state index in [1.807, 2.05) is 10.7 Å². The Balaban J connectivity index is 1.92. The van der Waals surface area contributed by atoms with Crippen molar-refractivity contribution in [3.63, 3.8) is 0 Å². The summed E-state index contributed by atoms with van der Waals surface area (Å²) in [5.74, 6) is 0.748. The Bertz CT molecular complexity index is 1110. The molecule has 7 nitrogen and oxygen atoms in total. The fourth-order valence-electron chi connectivity index (χ4n) is 4.32.